The monoisotopic (exact) mass is 365 g/mol. The number of nitrogens with one attached hydrogen (secondary N) is 2. The second kappa shape index (κ2) is 9.67. The minimum atomic E-state index is -0.683. The molecule has 0 radical (unpaired) electrons. The van der Waals surface area contributed by atoms with E-state index in [-0.39, 0.29) is 0 Å². The van der Waals surface area contributed by atoms with Crippen molar-refractivity contribution >= 4 is 28.9 Å². The molecule has 2 atom stereocenters. The lowest BCUT2D eigenvalue weighted by Crippen LogP contribution is -2.39. The first-order valence-electron chi connectivity index (χ1n) is 8.09. The molecule has 0 fully saturated rings. The molecular weight excluding hydrogens is 342 g/mol. The van der Waals surface area contributed by atoms with Gasteiger partial charge in [-0.25, -0.2) is 0 Å². The highest BCUT2D eigenvalue weighted by Crippen LogP contribution is 2.22. The van der Waals surface area contributed by atoms with Gasteiger partial charge in [0.05, 0.1) is 12.6 Å². The second-order valence-electron chi connectivity index (χ2n) is 5.55. The minimum Gasteiger partial charge on any atom is -0.387 e. The molecule has 2 aromatic rings. The van der Waals surface area contributed by atoms with Crippen molar-refractivity contribution in [2.45, 2.75) is 25.9 Å². The van der Waals surface area contributed by atoms with Crippen LogP contribution in [0.4, 0.5) is 0 Å². The van der Waals surface area contributed by atoms with Crippen molar-refractivity contribution in [2.24, 2.45) is 4.99 Å². The van der Waals surface area contributed by atoms with Crippen LogP contribution in [0.1, 0.15) is 36.3 Å². The maximum Gasteiger partial charge on any atom is 0.191 e. The number of benzene rings is 1. The van der Waals surface area contributed by atoms with Crippen molar-refractivity contribution in [1.29, 1.82) is 0 Å². The normalized spacial score (nSPS) is 14.2. The Morgan fingerprint density at radius 1 is 1.25 bits per heavy atom. The SMILES string of the molecule is CCNC(=NCC(C)c1cccs1)NCC(O)c1ccccc1Cl. The summed E-state index contributed by atoms with van der Waals surface area (Å²) in [5, 5.41) is 19.4. The molecule has 24 heavy (non-hydrogen) atoms. The van der Waals surface area contributed by atoms with Gasteiger partial charge in [0.2, 0.25) is 0 Å². The van der Waals surface area contributed by atoms with Crippen molar-refractivity contribution in [1.82, 2.24) is 10.6 Å². The molecule has 1 aromatic carbocycles. The molecular formula is C18H24ClN3OS. The molecule has 2 rings (SSSR count). The molecule has 130 valence electrons. The molecule has 0 bridgehead atoms. The number of nitrogens with zero attached hydrogens (tertiary/aromatic N) is 1. The number of guanidine groups is 1. The zero-order chi connectivity index (χ0) is 17.4. The molecule has 0 spiro atoms. The van der Waals surface area contributed by atoms with E-state index in [1.165, 1.54) is 4.88 Å². The fourth-order valence-corrected chi connectivity index (χ4v) is 3.32. The Bertz CT molecular complexity index is 645. The number of hydrogen-bond acceptors (Lipinski definition) is 3. The molecule has 1 heterocycles. The molecule has 4 nitrogen and oxygen atoms in total. The summed E-state index contributed by atoms with van der Waals surface area (Å²) in [6.45, 7) is 5.99. The molecule has 1 aromatic heterocycles. The van der Waals surface area contributed by atoms with Crippen LogP contribution in [0.5, 0.6) is 0 Å². The molecule has 0 saturated heterocycles. The Kier molecular flexibility index (Phi) is 7.56. The zero-order valence-corrected chi connectivity index (χ0v) is 15.6. The van der Waals surface area contributed by atoms with Crippen molar-refractivity contribution in [3.05, 3.63) is 57.2 Å². The van der Waals surface area contributed by atoms with Gasteiger partial charge in [-0.1, -0.05) is 42.8 Å². The highest BCUT2D eigenvalue weighted by molar-refractivity contribution is 7.10. The van der Waals surface area contributed by atoms with Crippen LogP contribution in [0.3, 0.4) is 0 Å². The third kappa shape index (κ3) is 5.51. The number of hydrogen-bond donors (Lipinski definition) is 3. The van der Waals surface area contributed by atoms with Crippen molar-refractivity contribution < 1.29 is 5.11 Å². The van der Waals surface area contributed by atoms with Crippen LogP contribution < -0.4 is 10.6 Å². The van der Waals surface area contributed by atoms with E-state index in [9.17, 15) is 5.11 Å². The molecule has 0 aliphatic heterocycles. The van der Waals surface area contributed by atoms with E-state index in [1.54, 1.807) is 17.4 Å². The van der Waals surface area contributed by atoms with E-state index >= 15 is 0 Å². The molecule has 6 heteroatoms. The maximum atomic E-state index is 10.3. The van der Waals surface area contributed by atoms with Gasteiger partial charge in [0.15, 0.2) is 5.96 Å². The summed E-state index contributed by atoms with van der Waals surface area (Å²) in [7, 11) is 0. The molecule has 2 unspecified atom stereocenters. The van der Waals surface area contributed by atoms with Gasteiger partial charge in [0.1, 0.15) is 0 Å². The highest BCUT2D eigenvalue weighted by Gasteiger charge is 2.12. The first-order chi connectivity index (χ1) is 11.6. The van der Waals surface area contributed by atoms with Crippen molar-refractivity contribution in [3.63, 3.8) is 0 Å². The van der Waals surface area contributed by atoms with Crippen LogP contribution in [0.2, 0.25) is 5.02 Å². The van der Waals surface area contributed by atoms with Crippen LogP contribution in [0, 0.1) is 0 Å². The smallest absolute Gasteiger partial charge is 0.191 e. The maximum absolute atomic E-state index is 10.3. The summed E-state index contributed by atoms with van der Waals surface area (Å²) in [6, 6.07) is 11.5. The third-order valence-electron chi connectivity index (χ3n) is 3.62. The largest absolute Gasteiger partial charge is 0.387 e. The van der Waals surface area contributed by atoms with E-state index in [1.807, 2.05) is 25.1 Å². The number of aliphatic imine (C=N–C) groups is 1. The number of aliphatic hydroxyl groups is 1. The molecule has 0 aliphatic rings. The minimum absolute atomic E-state index is 0.350. The Morgan fingerprint density at radius 2 is 2.04 bits per heavy atom. The third-order valence-corrected chi connectivity index (χ3v) is 5.07. The standard InChI is InChI=1S/C18H24ClN3OS/c1-3-20-18(21-11-13(2)17-9-6-10-24-17)22-12-16(23)14-7-4-5-8-15(14)19/h4-10,13,16,23H,3,11-12H2,1-2H3,(H2,20,21,22). The first-order valence-corrected chi connectivity index (χ1v) is 9.35. The Morgan fingerprint density at radius 3 is 2.71 bits per heavy atom. The van der Waals surface area contributed by atoms with Crippen LogP contribution in [0.15, 0.2) is 46.8 Å². The summed E-state index contributed by atoms with van der Waals surface area (Å²) >= 11 is 7.87. The van der Waals surface area contributed by atoms with Gasteiger partial charge in [-0.3, -0.25) is 4.99 Å². The van der Waals surface area contributed by atoms with Crippen LogP contribution in [-0.2, 0) is 0 Å². The number of halogens is 1. The number of aliphatic hydroxyl groups excluding tert-OH is 1. The molecule has 0 aliphatic carbocycles. The predicted octanol–water partition coefficient (Wildman–Crippen LogP) is 3.79. The highest BCUT2D eigenvalue weighted by atomic mass is 35.5. The fourth-order valence-electron chi connectivity index (χ4n) is 2.28. The van der Waals surface area contributed by atoms with Gasteiger partial charge in [-0.2, -0.15) is 0 Å². The summed E-state index contributed by atoms with van der Waals surface area (Å²) in [5.41, 5.74) is 0.717. The van der Waals surface area contributed by atoms with Gasteiger partial charge in [0, 0.05) is 34.5 Å². The fraction of sp³-hybridized carbons (Fsp3) is 0.389. The Hall–Kier alpha value is -1.56. The van der Waals surface area contributed by atoms with E-state index in [0.29, 0.717) is 30.0 Å². The first kappa shape index (κ1) is 18.8. The van der Waals surface area contributed by atoms with Crippen molar-refractivity contribution in [3.8, 4) is 0 Å². The number of rotatable bonds is 7. The van der Waals surface area contributed by atoms with Crippen LogP contribution in [-0.4, -0.2) is 30.7 Å². The van der Waals surface area contributed by atoms with Gasteiger partial charge in [0.25, 0.3) is 0 Å². The van der Waals surface area contributed by atoms with Gasteiger partial charge < -0.3 is 15.7 Å². The quantitative estimate of drug-likeness (QED) is 0.516. The number of thiophene rings is 1. The van der Waals surface area contributed by atoms with Crippen LogP contribution in [0.25, 0.3) is 0 Å². The lowest BCUT2D eigenvalue weighted by molar-refractivity contribution is 0.181. The molecule has 0 saturated carbocycles. The van der Waals surface area contributed by atoms with Crippen LogP contribution >= 0.6 is 22.9 Å². The summed E-state index contributed by atoms with van der Waals surface area (Å²) in [4.78, 5) is 5.94. The van der Waals surface area contributed by atoms with Crippen molar-refractivity contribution in [2.75, 3.05) is 19.6 Å². The van der Waals surface area contributed by atoms with E-state index in [4.69, 9.17) is 11.6 Å². The average Bonchev–Trinajstić information content (AvgIpc) is 3.12. The second-order valence-corrected chi connectivity index (χ2v) is 6.94. The average molecular weight is 366 g/mol. The van der Waals surface area contributed by atoms with Gasteiger partial charge >= 0.3 is 0 Å². The zero-order valence-electron chi connectivity index (χ0n) is 14.0. The van der Waals surface area contributed by atoms with Gasteiger partial charge in [-0.05, 0) is 24.4 Å². The molecule has 3 N–H and O–H groups in total. The summed E-state index contributed by atoms with van der Waals surface area (Å²) in [5.74, 6) is 1.07. The Balaban J connectivity index is 1.93. The van der Waals surface area contributed by atoms with E-state index in [2.05, 4.69) is 40.1 Å². The summed E-state index contributed by atoms with van der Waals surface area (Å²) < 4.78 is 0. The van der Waals surface area contributed by atoms with Gasteiger partial charge in [-0.15, -0.1) is 11.3 Å². The predicted molar refractivity (Wildman–Crippen MR) is 103 cm³/mol. The van der Waals surface area contributed by atoms with E-state index in [0.717, 1.165) is 12.1 Å². The lowest BCUT2D eigenvalue weighted by atomic mass is 10.1. The van der Waals surface area contributed by atoms with E-state index < -0.39 is 6.10 Å². The molecule has 0 amide bonds. The Labute approximate surface area is 152 Å². The topological polar surface area (TPSA) is 56.7 Å². The summed E-state index contributed by atoms with van der Waals surface area (Å²) in [6.07, 6.45) is -0.683. The lowest BCUT2D eigenvalue weighted by Gasteiger charge is -2.17.